The van der Waals surface area contributed by atoms with E-state index < -0.39 is 8.96 Å². The van der Waals surface area contributed by atoms with Gasteiger partial charge in [-0.25, -0.2) is 0 Å². The molecule has 0 bridgehead atoms. The summed E-state index contributed by atoms with van der Waals surface area (Å²) in [5.74, 6) is 0. The molecule has 0 saturated carbocycles. The van der Waals surface area contributed by atoms with E-state index in [0.717, 1.165) is 11.1 Å². The fourth-order valence-corrected chi connectivity index (χ4v) is 4.21. The fraction of sp³-hybridized carbons (Fsp3) is 1.00. The molecule has 2 N–H and O–H groups in total. The van der Waals surface area contributed by atoms with Gasteiger partial charge < -0.3 is 0 Å². The Morgan fingerprint density at radius 2 is 1.31 bits per heavy atom. The average Bonchev–Trinajstić information content (AvgIpc) is 1.82. The van der Waals surface area contributed by atoms with E-state index >= 15 is 0 Å². The molecule has 3 heteroatoms. The van der Waals surface area contributed by atoms with Crippen molar-refractivity contribution in [3.05, 3.63) is 0 Å². The van der Waals surface area contributed by atoms with Crippen molar-refractivity contribution in [3.8, 4) is 0 Å². The summed E-state index contributed by atoms with van der Waals surface area (Å²) >= 11 is 0. The van der Waals surface area contributed by atoms with Crippen LogP contribution in [0, 0.1) is 0 Å². The lowest BCUT2D eigenvalue weighted by atomic mass is 10.1. The Morgan fingerprint density at radius 3 is 1.54 bits per heavy atom. The maximum Gasteiger partial charge on any atom is 0.131 e. The maximum atomic E-state index is 3.55. The highest BCUT2D eigenvalue weighted by molar-refractivity contribution is 6.58. The predicted octanol–water partition coefficient (Wildman–Crippen LogP) is 2.42. The third kappa shape index (κ3) is 6.24. The zero-order valence-corrected chi connectivity index (χ0v) is 11.4. The van der Waals surface area contributed by atoms with Crippen LogP contribution in [0.2, 0.25) is 11.1 Å². The van der Waals surface area contributed by atoms with E-state index in [1.807, 2.05) is 0 Å². The van der Waals surface area contributed by atoms with Crippen molar-refractivity contribution in [2.24, 2.45) is 0 Å². The minimum absolute atomic E-state index is 0.176. The summed E-state index contributed by atoms with van der Waals surface area (Å²) in [7, 11) is -0.841. The largest absolute Gasteiger partial charge is 0.281 e. The van der Waals surface area contributed by atoms with Crippen molar-refractivity contribution >= 4 is 8.96 Å². The molecule has 0 aromatic heterocycles. The topological polar surface area (TPSA) is 24.1 Å². The normalized spacial score (nSPS) is 13.4. The van der Waals surface area contributed by atoms with Gasteiger partial charge in [-0.1, -0.05) is 27.7 Å². The number of hydrogen-bond acceptors (Lipinski definition) is 2. The van der Waals surface area contributed by atoms with Crippen LogP contribution in [0.25, 0.3) is 0 Å². The molecular weight excluding hydrogens is 176 g/mol. The van der Waals surface area contributed by atoms with Crippen LogP contribution in [0.4, 0.5) is 0 Å². The molecule has 0 spiro atoms. The van der Waals surface area contributed by atoms with Crippen LogP contribution in [-0.4, -0.2) is 14.5 Å². The first kappa shape index (κ1) is 13.1. The van der Waals surface area contributed by atoms with Crippen LogP contribution in [-0.2, 0) is 0 Å². The second-order valence-corrected chi connectivity index (χ2v) is 9.54. The molecule has 0 atom stereocenters. The Bertz CT molecular complexity index is 130. The van der Waals surface area contributed by atoms with Crippen molar-refractivity contribution in [3.63, 3.8) is 0 Å². The van der Waals surface area contributed by atoms with E-state index in [2.05, 4.69) is 59.0 Å². The highest BCUT2D eigenvalue weighted by atomic mass is 28.3. The molecule has 0 saturated heterocycles. The Kier molecular flexibility index (Phi) is 5.18. The van der Waals surface area contributed by atoms with Gasteiger partial charge in [0.05, 0.1) is 0 Å². The van der Waals surface area contributed by atoms with Gasteiger partial charge in [0.25, 0.3) is 0 Å². The molecule has 0 aliphatic heterocycles. The van der Waals surface area contributed by atoms with Crippen LogP contribution in [0.5, 0.6) is 0 Å². The van der Waals surface area contributed by atoms with E-state index in [1.54, 1.807) is 0 Å². The van der Waals surface area contributed by atoms with Gasteiger partial charge in [-0.05, 0) is 31.9 Å². The monoisotopic (exact) mass is 202 g/mol. The molecule has 0 aliphatic carbocycles. The lowest BCUT2D eigenvalue weighted by Crippen LogP contribution is -2.54. The van der Waals surface area contributed by atoms with Crippen molar-refractivity contribution in [1.82, 2.24) is 10.5 Å². The molecule has 0 heterocycles. The molecular formula is C10H26N2Si. The summed E-state index contributed by atoms with van der Waals surface area (Å²) < 4.78 is 0. The van der Waals surface area contributed by atoms with E-state index in [1.165, 1.54) is 0 Å². The Balaban J connectivity index is 3.98. The molecule has 80 valence electrons. The molecule has 0 amide bonds. The van der Waals surface area contributed by atoms with E-state index in [0.29, 0.717) is 0 Å². The first-order chi connectivity index (χ1) is 5.74. The summed E-state index contributed by atoms with van der Waals surface area (Å²) in [6.07, 6.45) is 0. The van der Waals surface area contributed by atoms with Crippen LogP contribution in [0.15, 0.2) is 0 Å². The van der Waals surface area contributed by atoms with Gasteiger partial charge in [0, 0.05) is 5.54 Å². The zero-order chi connectivity index (χ0) is 10.6. The Labute approximate surface area is 85.2 Å². The van der Waals surface area contributed by atoms with E-state index in [4.69, 9.17) is 0 Å². The van der Waals surface area contributed by atoms with Crippen molar-refractivity contribution in [1.29, 1.82) is 0 Å². The molecule has 0 radical (unpaired) electrons. The second kappa shape index (κ2) is 5.13. The standard InChI is InChI=1S/C10H26N2Si/c1-8(2)13(9(3)4)12-11-10(5,6)7/h8-9,11-13H,1-7H3. The minimum atomic E-state index is -0.841. The fourth-order valence-electron chi connectivity index (χ4n) is 1.40. The molecule has 0 unspecified atom stereocenters. The Morgan fingerprint density at radius 1 is 0.923 bits per heavy atom. The molecule has 0 aromatic rings. The van der Waals surface area contributed by atoms with Crippen molar-refractivity contribution < 1.29 is 0 Å². The first-order valence-electron chi connectivity index (χ1n) is 5.26. The minimum Gasteiger partial charge on any atom is -0.281 e. The number of nitrogens with one attached hydrogen (secondary N) is 2. The zero-order valence-electron chi connectivity index (χ0n) is 10.2. The summed E-state index contributed by atoms with van der Waals surface area (Å²) in [6.45, 7) is 15.8. The van der Waals surface area contributed by atoms with Crippen LogP contribution >= 0.6 is 0 Å². The summed E-state index contributed by atoms with van der Waals surface area (Å²) in [4.78, 5) is 0. The smallest absolute Gasteiger partial charge is 0.131 e. The SMILES string of the molecule is CC(C)[SiH](NNC(C)(C)C)C(C)C. The lowest BCUT2D eigenvalue weighted by molar-refractivity contribution is 0.403. The third-order valence-electron chi connectivity index (χ3n) is 2.05. The van der Waals surface area contributed by atoms with Crippen molar-refractivity contribution in [2.75, 3.05) is 0 Å². The van der Waals surface area contributed by atoms with Crippen molar-refractivity contribution in [2.45, 2.75) is 65.1 Å². The highest BCUT2D eigenvalue weighted by Gasteiger charge is 2.21. The molecule has 13 heavy (non-hydrogen) atoms. The first-order valence-corrected chi connectivity index (χ1v) is 7.18. The van der Waals surface area contributed by atoms with Crippen LogP contribution < -0.4 is 10.5 Å². The van der Waals surface area contributed by atoms with E-state index in [-0.39, 0.29) is 5.54 Å². The molecule has 0 aliphatic rings. The van der Waals surface area contributed by atoms with Gasteiger partial charge in [-0.3, -0.25) is 10.5 Å². The van der Waals surface area contributed by atoms with Gasteiger partial charge in [-0.2, -0.15) is 0 Å². The van der Waals surface area contributed by atoms with Crippen LogP contribution in [0.1, 0.15) is 48.5 Å². The highest BCUT2D eigenvalue weighted by Crippen LogP contribution is 2.16. The van der Waals surface area contributed by atoms with Gasteiger partial charge in [-0.15, -0.1) is 0 Å². The summed E-state index contributed by atoms with van der Waals surface area (Å²) in [5, 5.41) is 3.55. The second-order valence-electron chi connectivity index (χ2n) is 5.53. The quantitative estimate of drug-likeness (QED) is 0.540. The molecule has 0 aromatic carbocycles. The van der Waals surface area contributed by atoms with Crippen LogP contribution in [0.3, 0.4) is 0 Å². The maximum absolute atomic E-state index is 3.55. The number of hydrazine groups is 1. The lowest BCUT2D eigenvalue weighted by Gasteiger charge is -2.30. The Hall–Kier alpha value is 0.137. The van der Waals surface area contributed by atoms with Gasteiger partial charge in [0.1, 0.15) is 8.96 Å². The number of rotatable bonds is 4. The van der Waals surface area contributed by atoms with Gasteiger partial charge in [0.2, 0.25) is 0 Å². The molecule has 0 rings (SSSR count). The third-order valence-corrected chi connectivity index (χ3v) is 5.40. The average molecular weight is 202 g/mol. The van der Waals surface area contributed by atoms with E-state index in [9.17, 15) is 0 Å². The van der Waals surface area contributed by atoms with Gasteiger partial charge >= 0.3 is 0 Å². The molecule has 2 nitrogen and oxygen atoms in total. The molecule has 0 fully saturated rings. The predicted molar refractivity (Wildman–Crippen MR) is 63.4 cm³/mol. The summed E-state index contributed by atoms with van der Waals surface area (Å²) in [5.41, 5.74) is 5.17. The summed E-state index contributed by atoms with van der Waals surface area (Å²) in [6, 6.07) is 0. The van der Waals surface area contributed by atoms with Gasteiger partial charge in [0.15, 0.2) is 0 Å². The number of hydrogen-bond donors (Lipinski definition) is 2.